The fourth-order valence-corrected chi connectivity index (χ4v) is 2.70. The average Bonchev–Trinajstić information content (AvgIpc) is 2.98. The molecule has 1 atom stereocenters. The molecule has 134 valence electrons. The van der Waals surface area contributed by atoms with Gasteiger partial charge in [0.25, 0.3) is 5.91 Å². The summed E-state index contributed by atoms with van der Waals surface area (Å²) in [5, 5.41) is 0.883. The Morgan fingerprint density at radius 1 is 0.778 bits per heavy atom. The second-order valence-electron chi connectivity index (χ2n) is 5.90. The molecule has 1 N–H and O–H groups in total. The Bertz CT molecular complexity index is 943. The quantitative estimate of drug-likeness (QED) is 0.724. The van der Waals surface area contributed by atoms with Gasteiger partial charge >= 0.3 is 6.09 Å². The van der Waals surface area contributed by atoms with Crippen LogP contribution in [0.2, 0.25) is 0 Å². The van der Waals surface area contributed by atoms with Gasteiger partial charge in [-0.05, 0) is 36.4 Å². The molecule has 27 heavy (non-hydrogen) atoms. The van der Waals surface area contributed by atoms with Crippen LogP contribution in [0.1, 0.15) is 11.7 Å². The van der Waals surface area contributed by atoms with Crippen molar-refractivity contribution in [3.05, 3.63) is 90.5 Å². The van der Waals surface area contributed by atoms with Crippen molar-refractivity contribution in [2.75, 3.05) is 5.43 Å². The minimum Gasteiger partial charge on any atom is -0.457 e. The van der Waals surface area contributed by atoms with Crippen molar-refractivity contribution < 1.29 is 19.1 Å². The zero-order valence-corrected chi connectivity index (χ0v) is 14.2. The molecule has 0 radical (unpaired) electrons. The minimum atomic E-state index is -0.987. The lowest BCUT2D eigenvalue weighted by molar-refractivity contribution is -0.129. The van der Waals surface area contributed by atoms with Crippen LogP contribution < -0.4 is 10.2 Å². The molecule has 1 saturated heterocycles. The van der Waals surface area contributed by atoms with Crippen LogP contribution in [0.3, 0.4) is 0 Å². The largest absolute Gasteiger partial charge is 0.457 e. The Morgan fingerprint density at radius 2 is 1.37 bits per heavy atom. The highest BCUT2D eigenvalue weighted by Crippen LogP contribution is 2.30. The van der Waals surface area contributed by atoms with Gasteiger partial charge in [0.2, 0.25) is 6.10 Å². The van der Waals surface area contributed by atoms with E-state index < -0.39 is 18.1 Å². The predicted molar refractivity (Wildman–Crippen MR) is 99.1 cm³/mol. The van der Waals surface area contributed by atoms with Crippen LogP contribution in [0.15, 0.2) is 84.9 Å². The summed E-state index contributed by atoms with van der Waals surface area (Å²) in [7, 11) is 0. The van der Waals surface area contributed by atoms with Gasteiger partial charge in [0.15, 0.2) is 0 Å². The number of hydrogen-bond donors (Lipinski definition) is 1. The van der Waals surface area contributed by atoms with Crippen LogP contribution in [0.5, 0.6) is 11.5 Å². The van der Waals surface area contributed by atoms with Crippen molar-refractivity contribution in [2.24, 2.45) is 0 Å². The van der Waals surface area contributed by atoms with E-state index in [-0.39, 0.29) is 0 Å². The Hall–Kier alpha value is -3.80. The molecule has 6 nitrogen and oxygen atoms in total. The fraction of sp³-hybridized carbons (Fsp3) is 0.0476. The maximum Gasteiger partial charge on any atom is 0.437 e. The van der Waals surface area contributed by atoms with Gasteiger partial charge in [-0.15, -0.1) is 0 Å². The molecular weight excluding hydrogens is 344 g/mol. The summed E-state index contributed by atoms with van der Waals surface area (Å²) in [5.74, 6) is 0.869. The number of benzene rings is 3. The van der Waals surface area contributed by atoms with E-state index in [0.29, 0.717) is 22.7 Å². The number of carbonyl (C=O) groups excluding carboxylic acids is 2. The van der Waals surface area contributed by atoms with Crippen molar-refractivity contribution in [3.8, 4) is 11.5 Å². The number of imide groups is 1. The Balaban J connectivity index is 1.47. The van der Waals surface area contributed by atoms with Gasteiger partial charge in [-0.3, -0.25) is 10.2 Å². The average molecular weight is 360 g/mol. The van der Waals surface area contributed by atoms with Crippen LogP contribution in [0.25, 0.3) is 0 Å². The second kappa shape index (κ2) is 7.21. The molecule has 4 rings (SSSR count). The number of ether oxygens (including phenoxy) is 2. The number of carbonyl (C=O) groups is 2. The van der Waals surface area contributed by atoms with E-state index in [1.165, 1.54) is 0 Å². The van der Waals surface area contributed by atoms with Gasteiger partial charge in [0.1, 0.15) is 11.5 Å². The first-order valence-corrected chi connectivity index (χ1v) is 8.40. The third kappa shape index (κ3) is 3.59. The van der Waals surface area contributed by atoms with Crippen LogP contribution in [0, 0.1) is 0 Å². The van der Waals surface area contributed by atoms with Gasteiger partial charge in [-0.1, -0.05) is 48.5 Å². The summed E-state index contributed by atoms with van der Waals surface area (Å²) < 4.78 is 11.0. The van der Waals surface area contributed by atoms with E-state index in [0.717, 1.165) is 5.01 Å². The number of nitrogens with one attached hydrogen (secondary N) is 1. The molecule has 1 heterocycles. The van der Waals surface area contributed by atoms with E-state index in [1.807, 2.05) is 36.4 Å². The summed E-state index contributed by atoms with van der Waals surface area (Å²) >= 11 is 0. The number of hydrazine groups is 1. The lowest BCUT2D eigenvalue weighted by atomic mass is 10.1. The van der Waals surface area contributed by atoms with Crippen LogP contribution in [0.4, 0.5) is 10.5 Å². The monoisotopic (exact) mass is 360 g/mol. The van der Waals surface area contributed by atoms with Crippen molar-refractivity contribution in [3.63, 3.8) is 0 Å². The van der Waals surface area contributed by atoms with Crippen LogP contribution in [-0.4, -0.2) is 17.0 Å². The molecule has 2 amide bonds. The maximum absolute atomic E-state index is 12.6. The Morgan fingerprint density at radius 3 is 2.04 bits per heavy atom. The molecule has 1 aliphatic rings. The molecule has 0 aromatic heterocycles. The normalized spacial score (nSPS) is 16.1. The molecule has 0 spiro atoms. The second-order valence-corrected chi connectivity index (χ2v) is 5.90. The molecular formula is C21H16N2O4. The molecule has 1 aliphatic heterocycles. The number of amides is 2. The predicted octanol–water partition coefficient (Wildman–Crippen LogP) is 4.53. The molecule has 3 aromatic carbocycles. The number of anilines is 1. The third-order valence-electron chi connectivity index (χ3n) is 4.02. The van der Waals surface area contributed by atoms with Crippen LogP contribution >= 0.6 is 0 Å². The van der Waals surface area contributed by atoms with E-state index in [4.69, 9.17) is 9.47 Å². The first kappa shape index (κ1) is 16.7. The third-order valence-corrected chi connectivity index (χ3v) is 4.02. The summed E-state index contributed by atoms with van der Waals surface area (Å²) in [4.78, 5) is 24.7. The summed E-state index contributed by atoms with van der Waals surface area (Å²) in [6, 6.07) is 25.2. The smallest absolute Gasteiger partial charge is 0.437 e. The van der Waals surface area contributed by atoms with Gasteiger partial charge in [-0.2, -0.15) is 5.01 Å². The minimum absolute atomic E-state index is 0.472. The molecule has 1 unspecified atom stereocenters. The van der Waals surface area contributed by atoms with Gasteiger partial charge < -0.3 is 9.47 Å². The van der Waals surface area contributed by atoms with E-state index in [9.17, 15) is 9.59 Å². The highest BCUT2D eigenvalue weighted by molar-refractivity contribution is 6.01. The Kier molecular flexibility index (Phi) is 4.45. The number of nitrogens with zero attached hydrogens (tertiary/aromatic N) is 1. The van der Waals surface area contributed by atoms with Gasteiger partial charge in [0.05, 0.1) is 5.69 Å². The van der Waals surface area contributed by atoms with Gasteiger partial charge in [-0.25, -0.2) is 4.79 Å². The molecule has 0 saturated carbocycles. The zero-order chi connectivity index (χ0) is 18.6. The number of hydrogen-bond acceptors (Lipinski definition) is 5. The van der Waals surface area contributed by atoms with Gasteiger partial charge in [0, 0.05) is 5.56 Å². The van der Waals surface area contributed by atoms with Crippen molar-refractivity contribution in [1.29, 1.82) is 0 Å². The molecule has 1 fully saturated rings. The molecule has 0 bridgehead atoms. The lowest BCUT2D eigenvalue weighted by Gasteiger charge is -2.13. The highest BCUT2D eigenvalue weighted by Gasteiger charge is 2.42. The fourth-order valence-electron chi connectivity index (χ4n) is 2.70. The number of rotatable bonds is 5. The van der Waals surface area contributed by atoms with Crippen LogP contribution in [-0.2, 0) is 9.53 Å². The number of cyclic esters (lactones) is 1. The SMILES string of the molecule is O=C1OC(c2ccc(Oc3ccccc3)cc2)C(=O)N1Nc1ccccc1. The Labute approximate surface area is 155 Å². The summed E-state index contributed by atoms with van der Waals surface area (Å²) in [6.45, 7) is 0. The van der Waals surface area contributed by atoms with E-state index >= 15 is 0 Å². The zero-order valence-electron chi connectivity index (χ0n) is 14.2. The first-order valence-electron chi connectivity index (χ1n) is 8.40. The lowest BCUT2D eigenvalue weighted by Crippen LogP contribution is -2.35. The topological polar surface area (TPSA) is 67.9 Å². The van der Waals surface area contributed by atoms with Crippen molar-refractivity contribution >= 4 is 17.7 Å². The number of para-hydroxylation sites is 2. The molecule has 3 aromatic rings. The molecule has 6 heteroatoms. The molecule has 0 aliphatic carbocycles. The van der Waals surface area contributed by atoms with E-state index in [2.05, 4.69) is 5.43 Å². The van der Waals surface area contributed by atoms with Crippen molar-refractivity contribution in [1.82, 2.24) is 5.01 Å². The maximum atomic E-state index is 12.6. The first-order chi connectivity index (χ1) is 13.2. The highest BCUT2D eigenvalue weighted by atomic mass is 16.6. The van der Waals surface area contributed by atoms with E-state index in [1.54, 1.807) is 48.5 Å². The summed E-state index contributed by atoms with van der Waals surface area (Å²) in [6.07, 6.45) is -1.72. The van der Waals surface area contributed by atoms with Crippen molar-refractivity contribution in [2.45, 2.75) is 6.10 Å². The standard InChI is InChI=1S/C21H16N2O4/c24-20-19(27-21(25)23(20)22-16-7-3-1-4-8-16)15-11-13-18(14-12-15)26-17-9-5-2-6-10-17/h1-14,19,22H. The summed E-state index contributed by atoms with van der Waals surface area (Å²) in [5.41, 5.74) is 3.96.